The lowest BCUT2D eigenvalue weighted by Gasteiger charge is -2.14. The molecule has 5 nitrogen and oxygen atoms in total. The van der Waals surface area contributed by atoms with E-state index >= 15 is 0 Å². The molecule has 1 amide bonds. The second-order valence-electron chi connectivity index (χ2n) is 5.79. The minimum absolute atomic E-state index is 0.0968. The number of aromatic nitrogens is 2. The third kappa shape index (κ3) is 3.89. The van der Waals surface area contributed by atoms with Crippen LogP contribution in [0.1, 0.15) is 9.67 Å². The van der Waals surface area contributed by atoms with E-state index in [1.54, 1.807) is 6.07 Å². The van der Waals surface area contributed by atoms with E-state index in [0.29, 0.717) is 4.88 Å². The molecule has 2 heterocycles. The second kappa shape index (κ2) is 7.69. The molecule has 0 bridgehead atoms. The van der Waals surface area contributed by atoms with Gasteiger partial charge in [-0.25, -0.2) is 0 Å². The Hall–Kier alpha value is -3.03. The van der Waals surface area contributed by atoms with Crippen LogP contribution >= 0.6 is 22.7 Å². The first-order valence-corrected chi connectivity index (χ1v) is 9.98. The molecule has 1 N–H and O–H groups in total. The molecular formula is C20H16N4OS2. The van der Waals surface area contributed by atoms with E-state index in [2.05, 4.69) is 15.5 Å². The number of anilines is 3. The molecule has 2 aromatic heterocycles. The molecule has 2 aromatic carbocycles. The van der Waals surface area contributed by atoms with Gasteiger partial charge in [-0.2, -0.15) is 0 Å². The lowest BCUT2D eigenvalue weighted by molar-refractivity contribution is 0.103. The molecule has 0 atom stereocenters. The maximum absolute atomic E-state index is 12.1. The molecule has 4 rings (SSSR count). The molecule has 0 spiro atoms. The number of nitrogens with zero attached hydrogens (tertiary/aromatic N) is 3. The predicted octanol–water partition coefficient (Wildman–Crippen LogP) is 5.29. The van der Waals surface area contributed by atoms with Gasteiger partial charge in [-0.05, 0) is 47.8 Å². The minimum atomic E-state index is -0.0968. The topological polar surface area (TPSA) is 58.1 Å². The summed E-state index contributed by atoms with van der Waals surface area (Å²) in [6.07, 6.45) is 0. The van der Waals surface area contributed by atoms with Gasteiger partial charge >= 0.3 is 0 Å². The Balaban J connectivity index is 1.48. The van der Waals surface area contributed by atoms with Gasteiger partial charge in [0, 0.05) is 24.0 Å². The molecule has 0 radical (unpaired) electrons. The Morgan fingerprint density at radius 3 is 2.44 bits per heavy atom. The first-order valence-electron chi connectivity index (χ1n) is 8.28. The summed E-state index contributed by atoms with van der Waals surface area (Å²) in [5.74, 6) is -0.0968. The van der Waals surface area contributed by atoms with Gasteiger partial charge in [0.05, 0.1) is 4.88 Å². The average molecular weight is 393 g/mol. The second-order valence-corrected chi connectivity index (χ2v) is 7.70. The zero-order valence-corrected chi connectivity index (χ0v) is 16.1. The number of hydrogen-bond acceptors (Lipinski definition) is 6. The summed E-state index contributed by atoms with van der Waals surface area (Å²) in [5, 5.41) is 15.1. The highest BCUT2D eigenvalue weighted by molar-refractivity contribution is 7.18. The number of nitrogens with one attached hydrogen (secondary N) is 1. The van der Waals surface area contributed by atoms with Crippen molar-refractivity contribution < 1.29 is 4.79 Å². The fraction of sp³-hybridized carbons (Fsp3) is 0.0500. The third-order valence-electron chi connectivity index (χ3n) is 3.98. The Kier molecular flexibility index (Phi) is 4.95. The fourth-order valence-corrected chi connectivity index (χ4v) is 3.98. The standard InChI is InChI=1S/C20H16N4OS2/c1-24(16-6-3-2-4-7-16)20-23-22-19(27-20)14-9-11-15(12-10-14)21-18(25)17-8-5-13-26-17/h2-13H,1H3,(H,21,25). The molecule has 0 saturated heterocycles. The van der Waals surface area contributed by atoms with Crippen molar-refractivity contribution in [3.8, 4) is 10.6 Å². The Morgan fingerprint density at radius 1 is 0.963 bits per heavy atom. The number of para-hydroxylation sites is 1. The van der Waals surface area contributed by atoms with Crippen molar-refractivity contribution in [3.63, 3.8) is 0 Å². The summed E-state index contributed by atoms with van der Waals surface area (Å²) in [6, 6.07) is 21.4. The van der Waals surface area contributed by atoms with Crippen molar-refractivity contribution in [3.05, 3.63) is 77.0 Å². The van der Waals surface area contributed by atoms with Crippen molar-refractivity contribution in [2.24, 2.45) is 0 Å². The first kappa shape index (κ1) is 17.4. The highest BCUT2D eigenvalue weighted by Crippen LogP contribution is 2.32. The van der Waals surface area contributed by atoms with Crippen LogP contribution in [0.4, 0.5) is 16.5 Å². The zero-order valence-electron chi connectivity index (χ0n) is 14.5. The van der Waals surface area contributed by atoms with Crippen LogP contribution in [0.25, 0.3) is 10.6 Å². The Bertz CT molecular complexity index is 1030. The number of amides is 1. The zero-order chi connectivity index (χ0) is 18.6. The van der Waals surface area contributed by atoms with E-state index in [4.69, 9.17) is 0 Å². The maximum atomic E-state index is 12.1. The summed E-state index contributed by atoms with van der Waals surface area (Å²) in [7, 11) is 1.98. The molecular weight excluding hydrogens is 376 g/mol. The van der Waals surface area contributed by atoms with Crippen LogP contribution in [-0.2, 0) is 0 Å². The molecule has 27 heavy (non-hydrogen) atoms. The molecule has 0 saturated carbocycles. The predicted molar refractivity (Wildman–Crippen MR) is 112 cm³/mol. The normalized spacial score (nSPS) is 10.6. The third-order valence-corrected chi connectivity index (χ3v) is 5.90. The van der Waals surface area contributed by atoms with Crippen LogP contribution in [0.5, 0.6) is 0 Å². The van der Waals surface area contributed by atoms with Gasteiger partial charge in [-0.15, -0.1) is 21.5 Å². The lowest BCUT2D eigenvalue weighted by Crippen LogP contribution is -2.09. The van der Waals surface area contributed by atoms with Gasteiger partial charge in [-0.3, -0.25) is 4.79 Å². The average Bonchev–Trinajstić information content (AvgIpc) is 3.41. The van der Waals surface area contributed by atoms with Gasteiger partial charge < -0.3 is 10.2 Å². The molecule has 0 aliphatic rings. The van der Waals surface area contributed by atoms with E-state index < -0.39 is 0 Å². The van der Waals surface area contributed by atoms with Crippen LogP contribution in [0.2, 0.25) is 0 Å². The molecule has 134 valence electrons. The van der Waals surface area contributed by atoms with Crippen LogP contribution in [0.15, 0.2) is 72.1 Å². The van der Waals surface area contributed by atoms with E-state index in [0.717, 1.165) is 27.1 Å². The summed E-state index contributed by atoms with van der Waals surface area (Å²) in [4.78, 5) is 14.8. The van der Waals surface area contributed by atoms with Gasteiger partial charge in [-0.1, -0.05) is 35.6 Å². The fourth-order valence-electron chi connectivity index (χ4n) is 2.53. The van der Waals surface area contributed by atoms with Crippen LogP contribution in [0.3, 0.4) is 0 Å². The number of carbonyl (C=O) groups excluding carboxylic acids is 1. The molecule has 0 aliphatic heterocycles. The number of thiophene rings is 1. The van der Waals surface area contributed by atoms with E-state index in [1.807, 2.05) is 78.0 Å². The molecule has 0 fully saturated rings. The van der Waals surface area contributed by atoms with Crippen molar-refractivity contribution in [2.75, 3.05) is 17.3 Å². The van der Waals surface area contributed by atoms with E-state index in [1.165, 1.54) is 22.7 Å². The van der Waals surface area contributed by atoms with Gasteiger partial charge in [0.25, 0.3) is 5.91 Å². The minimum Gasteiger partial charge on any atom is -0.321 e. The smallest absolute Gasteiger partial charge is 0.265 e. The number of rotatable bonds is 5. The van der Waals surface area contributed by atoms with Crippen molar-refractivity contribution in [2.45, 2.75) is 0 Å². The highest BCUT2D eigenvalue weighted by atomic mass is 32.1. The largest absolute Gasteiger partial charge is 0.321 e. The van der Waals surface area contributed by atoms with Crippen LogP contribution in [0, 0.1) is 0 Å². The summed E-state index contributed by atoms with van der Waals surface area (Å²) in [5.41, 5.74) is 2.78. The molecule has 7 heteroatoms. The highest BCUT2D eigenvalue weighted by Gasteiger charge is 2.12. The number of carbonyl (C=O) groups is 1. The van der Waals surface area contributed by atoms with Crippen molar-refractivity contribution >= 4 is 45.1 Å². The van der Waals surface area contributed by atoms with Crippen molar-refractivity contribution in [1.82, 2.24) is 10.2 Å². The summed E-state index contributed by atoms with van der Waals surface area (Å²) >= 11 is 2.95. The first-order chi connectivity index (χ1) is 13.2. The molecule has 0 aliphatic carbocycles. The van der Waals surface area contributed by atoms with E-state index in [-0.39, 0.29) is 5.91 Å². The van der Waals surface area contributed by atoms with Gasteiger partial charge in [0.2, 0.25) is 5.13 Å². The summed E-state index contributed by atoms with van der Waals surface area (Å²) in [6.45, 7) is 0. The number of benzene rings is 2. The maximum Gasteiger partial charge on any atom is 0.265 e. The van der Waals surface area contributed by atoms with E-state index in [9.17, 15) is 4.79 Å². The van der Waals surface area contributed by atoms with Crippen LogP contribution in [-0.4, -0.2) is 23.2 Å². The Labute approximate surface area is 164 Å². The quantitative estimate of drug-likeness (QED) is 0.501. The van der Waals surface area contributed by atoms with Crippen LogP contribution < -0.4 is 10.2 Å². The summed E-state index contributed by atoms with van der Waals surface area (Å²) < 4.78 is 0. The lowest BCUT2D eigenvalue weighted by atomic mass is 10.2. The van der Waals surface area contributed by atoms with Gasteiger partial charge in [0.1, 0.15) is 5.01 Å². The SMILES string of the molecule is CN(c1ccccc1)c1nnc(-c2ccc(NC(=O)c3cccs3)cc2)s1. The van der Waals surface area contributed by atoms with Gasteiger partial charge in [0.15, 0.2) is 0 Å². The molecule has 4 aromatic rings. The van der Waals surface area contributed by atoms with Crippen molar-refractivity contribution in [1.29, 1.82) is 0 Å². The Morgan fingerprint density at radius 2 is 1.74 bits per heavy atom. The monoisotopic (exact) mass is 392 g/mol. The molecule has 0 unspecified atom stereocenters. The number of hydrogen-bond donors (Lipinski definition) is 1.